The van der Waals surface area contributed by atoms with Gasteiger partial charge in [0.2, 0.25) is 5.91 Å². The number of hydrogen-bond acceptors (Lipinski definition) is 6. The molecule has 4 N–H and O–H groups in total. The first-order valence-electron chi connectivity index (χ1n) is 13.7. The molecule has 4 rings (SSSR count). The molecule has 2 saturated heterocycles. The third-order valence-electron chi connectivity index (χ3n) is 7.10. The van der Waals surface area contributed by atoms with Gasteiger partial charge in [-0.05, 0) is 80.7 Å². The van der Waals surface area contributed by atoms with Gasteiger partial charge >= 0.3 is 11.8 Å². The summed E-state index contributed by atoms with van der Waals surface area (Å²) in [5, 5.41) is 17.9. The Hall–Kier alpha value is -3.27. The lowest BCUT2D eigenvalue weighted by atomic mass is 10.1. The number of benzene rings is 2. The molecule has 0 aromatic heterocycles. The van der Waals surface area contributed by atoms with Gasteiger partial charge in [-0.15, -0.1) is 0 Å². The number of nitrogens with zero attached hydrogens (tertiary/aromatic N) is 2. The largest absolute Gasteiger partial charge is 0.393 e. The quantitative estimate of drug-likeness (QED) is 0.415. The molecule has 2 aliphatic rings. The molecule has 2 aliphatic heterocycles. The Kier molecular flexibility index (Phi) is 10.3. The summed E-state index contributed by atoms with van der Waals surface area (Å²) < 4.78 is 0. The molecule has 38 heavy (non-hydrogen) atoms. The SMILES string of the molecule is O=C(CN1CCCCCCC1)Nc1ccc(NC(=O)C(=O)Nc2cccc(CN3CCC(O)CC3)c2)cc1. The number of nitrogens with one attached hydrogen (secondary N) is 3. The van der Waals surface area contributed by atoms with E-state index in [2.05, 4.69) is 25.8 Å². The molecule has 0 spiro atoms. The van der Waals surface area contributed by atoms with E-state index in [1.165, 1.54) is 19.3 Å². The van der Waals surface area contributed by atoms with Gasteiger partial charge in [0.1, 0.15) is 0 Å². The van der Waals surface area contributed by atoms with E-state index in [4.69, 9.17) is 0 Å². The van der Waals surface area contributed by atoms with E-state index in [0.717, 1.165) is 64.0 Å². The van der Waals surface area contributed by atoms with Crippen LogP contribution in [0.2, 0.25) is 0 Å². The first-order chi connectivity index (χ1) is 18.4. The highest BCUT2D eigenvalue weighted by atomic mass is 16.3. The minimum absolute atomic E-state index is 0.0538. The number of hydrogen-bond donors (Lipinski definition) is 4. The predicted molar refractivity (Wildman–Crippen MR) is 149 cm³/mol. The van der Waals surface area contributed by atoms with Gasteiger partial charge in [0.05, 0.1) is 12.6 Å². The monoisotopic (exact) mass is 521 g/mol. The van der Waals surface area contributed by atoms with Crippen LogP contribution in [-0.2, 0) is 20.9 Å². The van der Waals surface area contributed by atoms with Crippen molar-refractivity contribution in [1.82, 2.24) is 9.80 Å². The summed E-state index contributed by atoms with van der Waals surface area (Å²) in [6.45, 7) is 4.68. The Morgan fingerprint density at radius 3 is 1.95 bits per heavy atom. The molecule has 3 amide bonds. The molecule has 9 heteroatoms. The number of aliphatic hydroxyl groups excluding tert-OH is 1. The van der Waals surface area contributed by atoms with Crippen LogP contribution in [0.5, 0.6) is 0 Å². The van der Waals surface area contributed by atoms with Gasteiger partial charge in [-0.25, -0.2) is 0 Å². The highest BCUT2D eigenvalue weighted by Crippen LogP contribution is 2.18. The summed E-state index contributed by atoms with van der Waals surface area (Å²) in [7, 11) is 0. The molecule has 204 valence electrons. The van der Waals surface area contributed by atoms with Crippen LogP contribution < -0.4 is 16.0 Å². The average Bonchev–Trinajstić information content (AvgIpc) is 2.88. The zero-order valence-electron chi connectivity index (χ0n) is 22.0. The smallest absolute Gasteiger partial charge is 0.314 e. The van der Waals surface area contributed by atoms with Crippen LogP contribution in [0.15, 0.2) is 48.5 Å². The maximum Gasteiger partial charge on any atom is 0.314 e. The molecule has 0 aliphatic carbocycles. The molecule has 0 unspecified atom stereocenters. The summed E-state index contributed by atoms with van der Waals surface area (Å²) in [4.78, 5) is 41.9. The van der Waals surface area contributed by atoms with E-state index >= 15 is 0 Å². The van der Waals surface area contributed by atoms with Gasteiger partial charge in [0, 0.05) is 36.7 Å². The second kappa shape index (κ2) is 14.0. The van der Waals surface area contributed by atoms with Crippen molar-refractivity contribution in [3.63, 3.8) is 0 Å². The highest BCUT2D eigenvalue weighted by molar-refractivity contribution is 6.43. The van der Waals surface area contributed by atoms with E-state index in [1.807, 2.05) is 18.2 Å². The second-order valence-corrected chi connectivity index (χ2v) is 10.3. The Morgan fingerprint density at radius 2 is 1.29 bits per heavy atom. The van der Waals surface area contributed by atoms with Crippen molar-refractivity contribution in [3.8, 4) is 0 Å². The average molecular weight is 522 g/mol. The summed E-state index contributed by atoms with van der Waals surface area (Å²) in [5.41, 5.74) is 2.69. The van der Waals surface area contributed by atoms with Crippen LogP contribution in [-0.4, -0.2) is 71.5 Å². The van der Waals surface area contributed by atoms with Crippen LogP contribution in [0, 0.1) is 0 Å². The summed E-state index contributed by atoms with van der Waals surface area (Å²) in [6, 6.07) is 14.2. The van der Waals surface area contributed by atoms with E-state index in [9.17, 15) is 19.5 Å². The van der Waals surface area contributed by atoms with Crippen molar-refractivity contribution in [1.29, 1.82) is 0 Å². The minimum Gasteiger partial charge on any atom is -0.393 e. The Balaban J connectivity index is 1.22. The Morgan fingerprint density at radius 1 is 0.711 bits per heavy atom. The van der Waals surface area contributed by atoms with Gasteiger partial charge in [-0.3, -0.25) is 24.2 Å². The molecular formula is C29H39N5O4. The van der Waals surface area contributed by atoms with E-state index in [-0.39, 0.29) is 12.0 Å². The van der Waals surface area contributed by atoms with Crippen molar-refractivity contribution >= 4 is 34.8 Å². The first kappa shape index (κ1) is 27.8. The third kappa shape index (κ3) is 8.93. The van der Waals surface area contributed by atoms with Crippen LogP contribution in [0.1, 0.15) is 50.5 Å². The summed E-state index contributed by atoms with van der Waals surface area (Å²) >= 11 is 0. The number of carbonyl (C=O) groups excluding carboxylic acids is 3. The van der Waals surface area contributed by atoms with Crippen molar-refractivity contribution < 1.29 is 19.5 Å². The van der Waals surface area contributed by atoms with Crippen LogP contribution in [0.25, 0.3) is 0 Å². The van der Waals surface area contributed by atoms with Crippen molar-refractivity contribution in [3.05, 3.63) is 54.1 Å². The molecular weight excluding hydrogens is 482 g/mol. The molecule has 0 bridgehead atoms. The third-order valence-corrected chi connectivity index (χ3v) is 7.10. The summed E-state index contributed by atoms with van der Waals surface area (Å²) in [5.74, 6) is -1.58. The molecule has 2 aromatic carbocycles. The van der Waals surface area contributed by atoms with Gasteiger partial charge in [0.25, 0.3) is 0 Å². The second-order valence-electron chi connectivity index (χ2n) is 10.3. The van der Waals surface area contributed by atoms with Crippen molar-refractivity contribution in [2.24, 2.45) is 0 Å². The van der Waals surface area contributed by atoms with Crippen LogP contribution >= 0.6 is 0 Å². The highest BCUT2D eigenvalue weighted by Gasteiger charge is 2.18. The fraction of sp³-hybridized carbons (Fsp3) is 0.483. The predicted octanol–water partition coefficient (Wildman–Crippen LogP) is 3.43. The zero-order chi connectivity index (χ0) is 26.7. The van der Waals surface area contributed by atoms with Crippen LogP contribution in [0.4, 0.5) is 17.1 Å². The molecule has 0 atom stereocenters. The molecule has 0 saturated carbocycles. The number of likely N-dealkylation sites (tertiary alicyclic amines) is 2. The van der Waals surface area contributed by atoms with Crippen LogP contribution in [0.3, 0.4) is 0 Å². The number of anilines is 3. The van der Waals surface area contributed by atoms with Crippen molar-refractivity contribution in [2.75, 3.05) is 48.7 Å². The lowest BCUT2D eigenvalue weighted by molar-refractivity contribution is -0.132. The molecule has 2 heterocycles. The van der Waals surface area contributed by atoms with Gasteiger partial charge in [-0.2, -0.15) is 0 Å². The normalized spacial score (nSPS) is 17.7. The lowest BCUT2D eigenvalue weighted by Gasteiger charge is -2.29. The van der Waals surface area contributed by atoms with Gasteiger partial charge < -0.3 is 21.1 Å². The van der Waals surface area contributed by atoms with E-state index < -0.39 is 11.8 Å². The molecule has 0 radical (unpaired) electrons. The number of aliphatic hydroxyl groups is 1. The van der Waals surface area contributed by atoms with E-state index in [0.29, 0.717) is 23.6 Å². The fourth-order valence-electron chi connectivity index (χ4n) is 4.97. The number of amides is 3. The zero-order valence-corrected chi connectivity index (χ0v) is 22.0. The van der Waals surface area contributed by atoms with Gasteiger partial charge in [0.15, 0.2) is 0 Å². The number of rotatable bonds is 7. The lowest BCUT2D eigenvalue weighted by Crippen LogP contribution is -2.35. The van der Waals surface area contributed by atoms with Gasteiger partial charge in [-0.1, -0.05) is 31.4 Å². The summed E-state index contributed by atoms with van der Waals surface area (Å²) in [6.07, 6.45) is 7.30. The minimum atomic E-state index is -0.769. The standard InChI is InChI=1S/C29H39N5O4/c35-26-13-17-34(18-14-26)20-22-7-6-8-25(19-22)32-29(38)28(37)31-24-11-9-23(10-12-24)30-27(36)21-33-15-4-2-1-3-5-16-33/h6-12,19,26,35H,1-5,13-18,20-21H2,(H,30,36)(H,31,37)(H,32,38). The first-order valence-corrected chi connectivity index (χ1v) is 13.7. The molecule has 2 fully saturated rings. The van der Waals surface area contributed by atoms with Crippen molar-refractivity contribution in [2.45, 2.75) is 57.6 Å². The maximum atomic E-state index is 12.5. The van der Waals surface area contributed by atoms with E-state index in [1.54, 1.807) is 30.3 Å². The Labute approximate surface area is 224 Å². The molecule has 2 aromatic rings. The fourth-order valence-corrected chi connectivity index (χ4v) is 4.97. The Bertz CT molecular complexity index is 1070. The maximum absolute atomic E-state index is 12.5. The molecule has 9 nitrogen and oxygen atoms in total. The number of piperidine rings is 1. The number of carbonyl (C=O) groups is 3. The topological polar surface area (TPSA) is 114 Å².